The number of anilines is 2. The lowest BCUT2D eigenvalue weighted by molar-refractivity contribution is 0.312. The fraction of sp³-hybridized carbons (Fsp3) is 0.394. The van der Waals surface area contributed by atoms with Gasteiger partial charge in [-0.05, 0) is 45.2 Å². The summed E-state index contributed by atoms with van der Waals surface area (Å²) in [6.45, 7) is 10.7. The third-order valence-corrected chi connectivity index (χ3v) is 9.17. The van der Waals surface area contributed by atoms with Crippen LogP contribution in [0, 0.1) is 11.6 Å². The van der Waals surface area contributed by atoms with Crippen LogP contribution in [0.1, 0.15) is 13.8 Å². The highest BCUT2D eigenvalue weighted by Crippen LogP contribution is 2.30. The molecule has 0 spiro atoms. The van der Waals surface area contributed by atoms with Crippen LogP contribution in [-0.2, 0) is 13.1 Å². The molecule has 2 aromatic carbocycles. The number of benzene rings is 2. The molecule has 7 rings (SSSR count). The Labute approximate surface area is 263 Å². The van der Waals surface area contributed by atoms with Gasteiger partial charge in [0, 0.05) is 88.6 Å². The Bertz CT molecular complexity index is 2070. The first-order valence-corrected chi connectivity index (χ1v) is 15.7. The molecule has 0 radical (unpaired) electrons. The van der Waals surface area contributed by atoms with E-state index in [0.717, 1.165) is 26.2 Å². The maximum Gasteiger partial charge on any atom is 0.253 e. The topological polar surface area (TPSA) is 105 Å². The fourth-order valence-corrected chi connectivity index (χ4v) is 6.51. The van der Waals surface area contributed by atoms with Crippen molar-refractivity contribution in [3.8, 4) is 22.9 Å². The molecule has 0 bridgehead atoms. The number of nitrogens with zero attached hydrogens (tertiary/aromatic N) is 7. The molecule has 0 atom stereocenters. The molecule has 1 N–H and O–H groups in total. The average Bonchev–Trinajstić information content (AvgIpc) is 3.56. The van der Waals surface area contributed by atoms with Crippen LogP contribution in [0.15, 0.2) is 50.7 Å². The van der Waals surface area contributed by atoms with Gasteiger partial charge in [-0.15, -0.1) is 10.2 Å². The minimum absolute atomic E-state index is 0.0876. The van der Waals surface area contributed by atoms with Crippen LogP contribution in [0.5, 0.6) is 0 Å². The number of rotatable bonds is 6. The molecule has 5 aromatic rings. The molecule has 2 fully saturated rings. The van der Waals surface area contributed by atoms with Crippen molar-refractivity contribution in [2.45, 2.75) is 26.9 Å². The molecule has 0 unspecified atom stereocenters. The maximum atomic E-state index is 15.5. The summed E-state index contributed by atoms with van der Waals surface area (Å²) in [6.07, 6.45) is 3.26. The zero-order chi connectivity index (χ0) is 32.1. The number of pyridine rings is 2. The SMILES string of the molecule is CCn1cc(-c2nnc(-c3cn(CC)c4cc(N5CCN(C)CC5)c(F)cc4c3=O)o2)c(=O)c2cc(F)c(N3CCNCC3)cc21. The normalized spacial score (nSPS) is 16.2. The van der Waals surface area contributed by atoms with Crippen molar-refractivity contribution in [2.24, 2.45) is 0 Å². The van der Waals surface area contributed by atoms with Crippen molar-refractivity contribution in [1.29, 1.82) is 0 Å². The molecule has 2 aliphatic heterocycles. The van der Waals surface area contributed by atoms with Crippen LogP contribution in [0.3, 0.4) is 0 Å². The minimum Gasteiger partial charge on any atom is -0.416 e. The standard InChI is InChI=1S/C33H36F2N8O3/c1-4-40-18-22(30(44)20-14-24(34)28(16-26(20)40)42-8-6-36-7-9-42)32-37-38-33(46-32)23-19-41(5-2)27-17-29(25(35)15-21(27)31(23)45)43-12-10-39(3)11-13-43/h14-19,36H,4-13H2,1-3H3. The molecule has 240 valence electrons. The van der Waals surface area contributed by atoms with Crippen molar-refractivity contribution in [1.82, 2.24) is 29.5 Å². The second-order valence-electron chi connectivity index (χ2n) is 11.9. The van der Waals surface area contributed by atoms with E-state index in [1.165, 1.54) is 12.1 Å². The molecule has 13 heteroatoms. The van der Waals surface area contributed by atoms with Gasteiger partial charge < -0.3 is 33.6 Å². The Hall–Kier alpha value is -4.62. The highest BCUT2D eigenvalue weighted by Gasteiger charge is 2.24. The van der Waals surface area contributed by atoms with Gasteiger partial charge >= 0.3 is 0 Å². The first-order valence-electron chi connectivity index (χ1n) is 15.7. The summed E-state index contributed by atoms with van der Waals surface area (Å²) >= 11 is 0. The number of aromatic nitrogens is 4. The fourth-order valence-electron chi connectivity index (χ4n) is 6.51. The summed E-state index contributed by atoms with van der Waals surface area (Å²) in [7, 11) is 2.04. The third kappa shape index (κ3) is 5.13. The van der Waals surface area contributed by atoms with Crippen molar-refractivity contribution < 1.29 is 13.2 Å². The summed E-state index contributed by atoms with van der Waals surface area (Å²) in [4.78, 5) is 33.6. The Morgan fingerprint density at radius 1 is 0.717 bits per heavy atom. The lowest BCUT2D eigenvalue weighted by atomic mass is 10.1. The number of halogens is 2. The number of likely N-dealkylation sites (N-methyl/N-ethyl adjacent to an activating group) is 1. The number of fused-ring (bicyclic) bond motifs is 2. The zero-order valence-electron chi connectivity index (χ0n) is 26.1. The molecule has 2 saturated heterocycles. The van der Waals surface area contributed by atoms with Gasteiger partial charge in [-0.2, -0.15) is 0 Å². The Morgan fingerprint density at radius 2 is 1.17 bits per heavy atom. The monoisotopic (exact) mass is 630 g/mol. The first kappa shape index (κ1) is 30.1. The summed E-state index contributed by atoms with van der Waals surface area (Å²) < 4.78 is 40.5. The largest absolute Gasteiger partial charge is 0.416 e. The first-order chi connectivity index (χ1) is 22.3. The third-order valence-electron chi connectivity index (χ3n) is 9.17. The summed E-state index contributed by atoms with van der Waals surface area (Å²) in [5, 5.41) is 11.9. The quantitative estimate of drug-likeness (QED) is 0.302. The van der Waals surface area contributed by atoms with Gasteiger partial charge in [0.05, 0.1) is 22.4 Å². The van der Waals surface area contributed by atoms with Crippen LogP contribution < -0.4 is 26.0 Å². The van der Waals surface area contributed by atoms with E-state index >= 15 is 8.78 Å². The van der Waals surface area contributed by atoms with Crippen molar-refractivity contribution in [2.75, 3.05) is 69.2 Å². The van der Waals surface area contributed by atoms with E-state index in [0.29, 0.717) is 61.7 Å². The van der Waals surface area contributed by atoms with Gasteiger partial charge in [-0.1, -0.05) is 0 Å². The van der Waals surface area contributed by atoms with Gasteiger partial charge in [0.1, 0.15) is 22.8 Å². The Morgan fingerprint density at radius 3 is 1.63 bits per heavy atom. The maximum absolute atomic E-state index is 15.5. The number of hydrogen-bond acceptors (Lipinski definition) is 9. The van der Waals surface area contributed by atoms with Crippen molar-refractivity contribution in [3.05, 3.63) is 68.7 Å². The molecular formula is C33H36F2N8O3. The van der Waals surface area contributed by atoms with E-state index < -0.39 is 22.5 Å². The van der Waals surface area contributed by atoms with Gasteiger partial charge in [0.15, 0.2) is 0 Å². The van der Waals surface area contributed by atoms with Gasteiger partial charge in [0.25, 0.3) is 11.8 Å². The Balaban J connectivity index is 1.29. The molecule has 0 amide bonds. The zero-order valence-corrected chi connectivity index (χ0v) is 26.1. The molecule has 0 aliphatic carbocycles. The van der Waals surface area contributed by atoms with Crippen LogP contribution in [0.4, 0.5) is 20.2 Å². The van der Waals surface area contributed by atoms with E-state index in [4.69, 9.17) is 4.42 Å². The van der Waals surface area contributed by atoms with Crippen LogP contribution in [0.25, 0.3) is 44.7 Å². The van der Waals surface area contributed by atoms with E-state index in [1.54, 1.807) is 24.5 Å². The predicted octanol–water partition coefficient (Wildman–Crippen LogP) is 3.51. The lowest BCUT2D eigenvalue weighted by Crippen LogP contribution is -2.44. The summed E-state index contributed by atoms with van der Waals surface area (Å²) in [5.41, 5.74) is 1.42. The Kier molecular flexibility index (Phi) is 7.81. The predicted molar refractivity (Wildman–Crippen MR) is 175 cm³/mol. The highest BCUT2D eigenvalue weighted by molar-refractivity contribution is 5.87. The minimum atomic E-state index is -0.475. The highest BCUT2D eigenvalue weighted by atomic mass is 19.1. The second kappa shape index (κ2) is 12.0. The molecule has 46 heavy (non-hydrogen) atoms. The molecule has 11 nitrogen and oxygen atoms in total. The van der Waals surface area contributed by atoms with Crippen LogP contribution >= 0.6 is 0 Å². The van der Waals surface area contributed by atoms with E-state index in [-0.39, 0.29) is 33.7 Å². The molecular weight excluding hydrogens is 594 g/mol. The van der Waals surface area contributed by atoms with E-state index in [2.05, 4.69) is 20.4 Å². The van der Waals surface area contributed by atoms with Crippen molar-refractivity contribution in [3.63, 3.8) is 0 Å². The van der Waals surface area contributed by atoms with Crippen LogP contribution in [0.2, 0.25) is 0 Å². The molecule has 0 saturated carbocycles. The second-order valence-corrected chi connectivity index (χ2v) is 11.9. The number of aryl methyl sites for hydroxylation is 2. The smallest absolute Gasteiger partial charge is 0.253 e. The molecule has 5 heterocycles. The van der Waals surface area contributed by atoms with Gasteiger partial charge in [-0.25, -0.2) is 8.78 Å². The van der Waals surface area contributed by atoms with Gasteiger partial charge in [-0.3, -0.25) is 9.59 Å². The summed E-state index contributed by atoms with van der Waals surface area (Å²) in [5.74, 6) is -1.12. The number of hydrogen-bond donors (Lipinski definition) is 1. The number of nitrogens with one attached hydrogen (secondary N) is 1. The molecule has 3 aromatic heterocycles. The molecule has 2 aliphatic rings. The summed E-state index contributed by atoms with van der Waals surface area (Å²) in [6, 6.07) is 6.01. The average molecular weight is 631 g/mol. The van der Waals surface area contributed by atoms with E-state index in [9.17, 15) is 9.59 Å². The number of piperazine rings is 2. The lowest BCUT2D eigenvalue weighted by Gasteiger charge is -2.34. The van der Waals surface area contributed by atoms with Crippen LogP contribution in [-0.4, -0.2) is 83.6 Å². The van der Waals surface area contributed by atoms with Crippen molar-refractivity contribution >= 4 is 33.2 Å². The van der Waals surface area contributed by atoms with E-state index in [1.807, 2.05) is 39.8 Å². The van der Waals surface area contributed by atoms with Gasteiger partial charge in [0.2, 0.25) is 10.9 Å².